The molecule has 1 aromatic heterocycles. The van der Waals surface area contributed by atoms with E-state index in [1.54, 1.807) is 24.3 Å². The minimum Gasteiger partial charge on any atom is -0.490 e. The molecule has 9 heteroatoms. The van der Waals surface area contributed by atoms with Crippen molar-refractivity contribution in [3.63, 3.8) is 0 Å². The Balaban J connectivity index is 1.17. The van der Waals surface area contributed by atoms with E-state index in [1.165, 1.54) is 11.3 Å². The SMILES string of the molecule is O=C(NCCNC(=O)c1cc(C2CC2)c(Cl)s1)c1ccc(O[C@H]2CC[C@@H](C(=O)O)CC2)cc1. The van der Waals surface area contributed by atoms with Crippen LogP contribution < -0.4 is 15.4 Å². The third kappa shape index (κ3) is 6.26. The number of carboxylic acids is 1. The third-order valence-corrected chi connectivity index (χ3v) is 7.48. The van der Waals surface area contributed by atoms with Gasteiger partial charge in [0.2, 0.25) is 0 Å². The van der Waals surface area contributed by atoms with Crippen molar-refractivity contribution < 1.29 is 24.2 Å². The summed E-state index contributed by atoms with van der Waals surface area (Å²) >= 11 is 7.52. The zero-order chi connectivity index (χ0) is 23.4. The van der Waals surface area contributed by atoms with Gasteiger partial charge in [-0.25, -0.2) is 0 Å². The van der Waals surface area contributed by atoms with Gasteiger partial charge in [-0.1, -0.05) is 11.6 Å². The van der Waals surface area contributed by atoms with Gasteiger partial charge in [-0.15, -0.1) is 11.3 Å². The van der Waals surface area contributed by atoms with Crippen molar-refractivity contribution in [2.75, 3.05) is 13.1 Å². The molecule has 0 bridgehead atoms. The van der Waals surface area contributed by atoms with Crippen LogP contribution in [-0.4, -0.2) is 42.1 Å². The number of halogens is 1. The van der Waals surface area contributed by atoms with Crippen LogP contribution in [0.4, 0.5) is 0 Å². The average Bonchev–Trinajstić information content (AvgIpc) is 3.58. The molecule has 0 unspecified atom stereocenters. The molecule has 0 saturated heterocycles. The molecule has 0 aliphatic heterocycles. The zero-order valence-corrected chi connectivity index (χ0v) is 19.7. The van der Waals surface area contributed by atoms with E-state index in [0.717, 1.165) is 18.4 Å². The smallest absolute Gasteiger partial charge is 0.306 e. The van der Waals surface area contributed by atoms with Gasteiger partial charge in [0.25, 0.3) is 11.8 Å². The van der Waals surface area contributed by atoms with Gasteiger partial charge in [0.1, 0.15) is 5.75 Å². The molecule has 176 valence electrons. The molecule has 7 nitrogen and oxygen atoms in total. The molecule has 2 fully saturated rings. The van der Waals surface area contributed by atoms with Crippen molar-refractivity contribution >= 4 is 40.7 Å². The van der Waals surface area contributed by atoms with Crippen LogP contribution in [0.2, 0.25) is 4.34 Å². The first-order chi connectivity index (χ1) is 15.9. The van der Waals surface area contributed by atoms with Crippen LogP contribution in [0.5, 0.6) is 5.75 Å². The van der Waals surface area contributed by atoms with Crippen LogP contribution in [0.3, 0.4) is 0 Å². The van der Waals surface area contributed by atoms with Crippen LogP contribution in [-0.2, 0) is 4.79 Å². The number of aliphatic carboxylic acids is 1. The molecule has 33 heavy (non-hydrogen) atoms. The summed E-state index contributed by atoms with van der Waals surface area (Å²) in [4.78, 5) is 36.3. The average molecular weight is 491 g/mol. The van der Waals surface area contributed by atoms with Crippen molar-refractivity contribution in [1.29, 1.82) is 0 Å². The second-order valence-electron chi connectivity index (χ2n) is 8.58. The Morgan fingerprint density at radius 1 is 0.970 bits per heavy atom. The molecule has 3 N–H and O–H groups in total. The van der Waals surface area contributed by atoms with E-state index in [-0.39, 0.29) is 23.8 Å². The number of rotatable bonds is 9. The highest BCUT2D eigenvalue weighted by Gasteiger charge is 2.29. The summed E-state index contributed by atoms with van der Waals surface area (Å²) in [5, 5.41) is 14.7. The lowest BCUT2D eigenvalue weighted by Gasteiger charge is -2.26. The number of carbonyl (C=O) groups is 3. The van der Waals surface area contributed by atoms with Gasteiger partial charge in [-0.05, 0) is 80.3 Å². The summed E-state index contributed by atoms with van der Waals surface area (Å²) in [6, 6.07) is 8.76. The molecule has 0 radical (unpaired) electrons. The lowest BCUT2D eigenvalue weighted by Crippen LogP contribution is -2.34. The normalized spacial score (nSPS) is 20.2. The largest absolute Gasteiger partial charge is 0.490 e. The van der Waals surface area contributed by atoms with E-state index in [4.69, 9.17) is 21.4 Å². The van der Waals surface area contributed by atoms with Gasteiger partial charge in [0.05, 0.1) is 21.2 Å². The highest BCUT2D eigenvalue weighted by atomic mass is 35.5. The number of hydrogen-bond donors (Lipinski definition) is 3. The highest BCUT2D eigenvalue weighted by molar-refractivity contribution is 7.18. The van der Waals surface area contributed by atoms with Crippen LogP contribution in [0.15, 0.2) is 30.3 Å². The van der Waals surface area contributed by atoms with Crippen molar-refractivity contribution in [3.05, 3.63) is 50.7 Å². The first-order valence-electron chi connectivity index (χ1n) is 11.3. The number of amides is 2. The summed E-state index contributed by atoms with van der Waals surface area (Å²) in [7, 11) is 0. The molecule has 1 heterocycles. The fourth-order valence-corrected chi connectivity index (χ4v) is 5.36. The molecule has 2 saturated carbocycles. The van der Waals surface area contributed by atoms with E-state index in [1.807, 2.05) is 6.07 Å². The van der Waals surface area contributed by atoms with Crippen LogP contribution in [0, 0.1) is 5.92 Å². The van der Waals surface area contributed by atoms with E-state index in [9.17, 15) is 14.4 Å². The Hall–Kier alpha value is -2.58. The van der Waals surface area contributed by atoms with E-state index < -0.39 is 5.97 Å². The van der Waals surface area contributed by atoms with Gasteiger partial charge in [0.15, 0.2) is 0 Å². The van der Waals surface area contributed by atoms with Gasteiger partial charge in [0, 0.05) is 18.7 Å². The molecule has 0 atom stereocenters. The summed E-state index contributed by atoms with van der Waals surface area (Å²) in [6.45, 7) is 0.628. The van der Waals surface area contributed by atoms with Crippen LogP contribution >= 0.6 is 22.9 Å². The summed E-state index contributed by atoms with van der Waals surface area (Å²) in [6.07, 6.45) is 4.93. The molecule has 1 aromatic carbocycles. The molecule has 2 amide bonds. The fraction of sp³-hybridized carbons (Fsp3) is 0.458. The molecule has 2 aromatic rings. The van der Waals surface area contributed by atoms with Crippen molar-refractivity contribution in [1.82, 2.24) is 10.6 Å². The Labute approximate surface area is 201 Å². The number of hydrogen-bond acceptors (Lipinski definition) is 5. The van der Waals surface area contributed by atoms with Crippen LogP contribution in [0.1, 0.15) is 70.0 Å². The van der Waals surface area contributed by atoms with E-state index in [2.05, 4.69) is 10.6 Å². The number of benzene rings is 1. The Morgan fingerprint density at radius 2 is 1.61 bits per heavy atom. The van der Waals surface area contributed by atoms with Crippen molar-refractivity contribution in [2.45, 2.75) is 50.5 Å². The Morgan fingerprint density at radius 3 is 2.21 bits per heavy atom. The fourth-order valence-electron chi connectivity index (χ4n) is 4.01. The molecule has 2 aliphatic carbocycles. The molecule has 2 aliphatic rings. The van der Waals surface area contributed by atoms with Gasteiger partial charge in [-0.3, -0.25) is 14.4 Å². The Kier molecular flexibility index (Phi) is 7.55. The highest BCUT2D eigenvalue weighted by Crippen LogP contribution is 2.46. The summed E-state index contributed by atoms with van der Waals surface area (Å²) in [5.74, 6) is -0.253. The third-order valence-electron chi connectivity index (χ3n) is 6.09. The second kappa shape index (κ2) is 10.6. The predicted octanol–water partition coefficient (Wildman–Crippen LogP) is 4.46. The van der Waals surface area contributed by atoms with Gasteiger partial charge in [-0.2, -0.15) is 0 Å². The quantitative estimate of drug-likeness (QED) is 0.450. The molecular formula is C24H27ClN2O5S. The molecule has 4 rings (SSSR count). The van der Waals surface area contributed by atoms with E-state index in [0.29, 0.717) is 65.2 Å². The van der Waals surface area contributed by atoms with E-state index >= 15 is 0 Å². The van der Waals surface area contributed by atoms with Crippen LogP contribution in [0.25, 0.3) is 0 Å². The summed E-state index contributed by atoms with van der Waals surface area (Å²) in [5.41, 5.74) is 1.57. The zero-order valence-electron chi connectivity index (χ0n) is 18.1. The minimum atomic E-state index is -0.734. The van der Waals surface area contributed by atoms with Crippen molar-refractivity contribution in [3.8, 4) is 5.75 Å². The molecular weight excluding hydrogens is 464 g/mol. The number of ether oxygens (including phenoxy) is 1. The second-order valence-corrected chi connectivity index (χ2v) is 10.2. The van der Waals surface area contributed by atoms with Gasteiger partial charge >= 0.3 is 5.97 Å². The first-order valence-corrected chi connectivity index (χ1v) is 12.5. The lowest BCUT2D eigenvalue weighted by atomic mass is 9.87. The van der Waals surface area contributed by atoms with Crippen molar-refractivity contribution in [2.24, 2.45) is 5.92 Å². The number of carbonyl (C=O) groups excluding carboxylic acids is 2. The standard InChI is InChI=1S/C24H27ClN2O5S/c25-21-19(14-1-2-14)13-20(33-21)23(29)27-12-11-26-22(28)15-3-7-17(8-4-15)32-18-9-5-16(6-10-18)24(30)31/h3-4,7-8,13-14,16,18H,1-2,5-6,9-12H2,(H,26,28)(H,27,29)(H,30,31)/t16-,18+. The maximum atomic E-state index is 12.4. The number of nitrogens with one attached hydrogen (secondary N) is 2. The number of carboxylic acid groups (broad SMARTS) is 1. The van der Waals surface area contributed by atoms with Gasteiger partial charge < -0.3 is 20.5 Å². The maximum Gasteiger partial charge on any atom is 0.306 e. The Bertz CT molecular complexity index is 1010. The first kappa shape index (κ1) is 23.6. The maximum absolute atomic E-state index is 12.4. The number of thiophene rings is 1. The predicted molar refractivity (Wildman–Crippen MR) is 126 cm³/mol. The molecule has 0 spiro atoms. The minimum absolute atomic E-state index is 0.00229. The summed E-state index contributed by atoms with van der Waals surface area (Å²) < 4.78 is 6.62. The monoisotopic (exact) mass is 490 g/mol. The lowest BCUT2D eigenvalue weighted by molar-refractivity contribution is -0.143. The topological polar surface area (TPSA) is 105 Å².